The zero-order valence-corrected chi connectivity index (χ0v) is 8.71. The van der Waals surface area contributed by atoms with Crippen LogP contribution in [0.2, 0.25) is 5.02 Å². The topological polar surface area (TPSA) is 37.4 Å². The van der Waals surface area contributed by atoms with Gasteiger partial charge in [0, 0.05) is 30.9 Å². The summed E-state index contributed by atoms with van der Waals surface area (Å²) in [6.45, 7) is 0. The minimum absolute atomic E-state index is 0.333. The molecule has 1 rings (SSSR count). The number of carbonyl (C=O) groups excluding carboxylic acids is 2. The van der Waals surface area contributed by atoms with Crippen LogP contribution in [0.5, 0.6) is 0 Å². The molecule has 0 aliphatic rings. The fourth-order valence-corrected chi connectivity index (χ4v) is 1.37. The predicted octanol–water partition coefficient (Wildman–Crippen LogP) is 2.03. The van der Waals surface area contributed by atoms with Crippen molar-refractivity contribution < 1.29 is 9.59 Å². The third kappa shape index (κ3) is 1.93. The van der Waals surface area contributed by atoms with E-state index in [2.05, 4.69) is 0 Å². The summed E-state index contributed by atoms with van der Waals surface area (Å²) in [6, 6.07) is 3.09. The summed E-state index contributed by atoms with van der Waals surface area (Å²) in [6.07, 6.45) is 1.34. The smallest absolute Gasteiger partial charge is 0.152 e. The Kier molecular flexibility index (Phi) is 3.25. The molecule has 0 aliphatic carbocycles. The number of rotatable bonds is 3. The monoisotopic (exact) mass is 211 g/mol. The molecule has 0 N–H and O–H groups in total. The van der Waals surface area contributed by atoms with Gasteiger partial charge < -0.3 is 4.90 Å². The van der Waals surface area contributed by atoms with Crippen LogP contribution >= 0.6 is 11.6 Å². The standard InChI is InChI=1S/C10H10ClNO2/c1-12(2)10-4-9(11)7(5-13)3-8(10)6-14/h3-6H,1-2H3. The maximum atomic E-state index is 10.7. The third-order valence-electron chi connectivity index (χ3n) is 1.88. The van der Waals surface area contributed by atoms with Crippen molar-refractivity contribution in [3.8, 4) is 0 Å². The van der Waals surface area contributed by atoms with Gasteiger partial charge in [-0.05, 0) is 12.1 Å². The van der Waals surface area contributed by atoms with Gasteiger partial charge in [-0.1, -0.05) is 11.6 Å². The van der Waals surface area contributed by atoms with Crippen molar-refractivity contribution in [3.05, 3.63) is 28.3 Å². The summed E-state index contributed by atoms with van der Waals surface area (Å²) in [7, 11) is 3.61. The predicted molar refractivity (Wildman–Crippen MR) is 56.6 cm³/mol. The lowest BCUT2D eigenvalue weighted by molar-refractivity contribution is 0.112. The summed E-state index contributed by atoms with van der Waals surface area (Å²) in [5, 5.41) is 0.356. The number of hydrogen-bond donors (Lipinski definition) is 0. The quantitative estimate of drug-likeness (QED) is 0.718. The molecule has 0 unspecified atom stereocenters. The Labute approximate surface area is 87.3 Å². The van der Waals surface area contributed by atoms with Crippen LogP contribution in [0.25, 0.3) is 0 Å². The second-order valence-electron chi connectivity index (χ2n) is 3.06. The lowest BCUT2D eigenvalue weighted by atomic mass is 10.1. The van der Waals surface area contributed by atoms with Gasteiger partial charge in [0.2, 0.25) is 0 Å². The highest BCUT2D eigenvalue weighted by Crippen LogP contribution is 2.25. The molecule has 0 amide bonds. The van der Waals surface area contributed by atoms with Gasteiger partial charge in [0.05, 0.1) is 5.02 Å². The lowest BCUT2D eigenvalue weighted by Crippen LogP contribution is -2.11. The summed E-state index contributed by atoms with van der Waals surface area (Å²) < 4.78 is 0. The first-order valence-electron chi connectivity index (χ1n) is 4.01. The van der Waals surface area contributed by atoms with E-state index < -0.39 is 0 Å². The Hall–Kier alpha value is -1.35. The minimum atomic E-state index is 0.333. The third-order valence-corrected chi connectivity index (χ3v) is 2.21. The molecule has 0 spiro atoms. The Balaban J connectivity index is 3.38. The first-order chi connectivity index (χ1) is 6.60. The number of benzene rings is 1. The zero-order chi connectivity index (χ0) is 10.7. The average molecular weight is 212 g/mol. The SMILES string of the molecule is CN(C)c1cc(Cl)c(C=O)cc1C=O. The van der Waals surface area contributed by atoms with Crippen molar-refractivity contribution in [2.75, 3.05) is 19.0 Å². The molecule has 1 aromatic rings. The highest BCUT2D eigenvalue weighted by atomic mass is 35.5. The molecule has 0 heterocycles. The number of halogens is 1. The molecule has 0 saturated carbocycles. The van der Waals surface area contributed by atoms with Crippen LogP contribution < -0.4 is 4.90 Å². The van der Waals surface area contributed by atoms with Crippen molar-refractivity contribution in [3.63, 3.8) is 0 Å². The highest BCUT2D eigenvalue weighted by molar-refractivity contribution is 6.33. The molecule has 0 atom stereocenters. The van der Waals surface area contributed by atoms with Crippen molar-refractivity contribution in [1.82, 2.24) is 0 Å². The van der Waals surface area contributed by atoms with E-state index in [1.165, 1.54) is 6.07 Å². The molecule has 1 aromatic carbocycles. The van der Waals surface area contributed by atoms with Gasteiger partial charge >= 0.3 is 0 Å². The lowest BCUT2D eigenvalue weighted by Gasteiger charge is -2.15. The molecule has 0 aromatic heterocycles. The van der Waals surface area contributed by atoms with E-state index in [0.717, 1.165) is 0 Å². The fraction of sp³-hybridized carbons (Fsp3) is 0.200. The van der Waals surface area contributed by atoms with Crippen molar-refractivity contribution >= 4 is 29.9 Å². The van der Waals surface area contributed by atoms with Gasteiger partial charge in [0.1, 0.15) is 0 Å². The number of aldehydes is 2. The van der Waals surface area contributed by atoms with Gasteiger partial charge in [-0.15, -0.1) is 0 Å². The van der Waals surface area contributed by atoms with Crippen LogP contribution in [-0.4, -0.2) is 26.7 Å². The molecular formula is C10H10ClNO2. The first kappa shape index (κ1) is 10.7. The van der Waals surface area contributed by atoms with Gasteiger partial charge in [0.25, 0.3) is 0 Å². The van der Waals surface area contributed by atoms with Gasteiger partial charge in [-0.3, -0.25) is 9.59 Å². The molecule has 3 nitrogen and oxygen atoms in total. The first-order valence-corrected chi connectivity index (χ1v) is 4.39. The Bertz CT molecular complexity index is 375. The maximum absolute atomic E-state index is 10.7. The number of anilines is 1. The fourth-order valence-electron chi connectivity index (χ4n) is 1.17. The summed E-state index contributed by atoms with van der Waals surface area (Å²) in [4.78, 5) is 23.1. The average Bonchev–Trinajstić information content (AvgIpc) is 2.17. The van der Waals surface area contributed by atoms with Crippen LogP contribution in [0.3, 0.4) is 0 Å². The van der Waals surface area contributed by atoms with Crippen molar-refractivity contribution in [2.45, 2.75) is 0 Å². The molecule has 14 heavy (non-hydrogen) atoms. The summed E-state index contributed by atoms with van der Waals surface area (Å²) in [5.41, 5.74) is 1.50. The molecular weight excluding hydrogens is 202 g/mol. The van der Waals surface area contributed by atoms with Crippen LogP contribution in [0, 0.1) is 0 Å². The largest absolute Gasteiger partial charge is 0.377 e. The Morgan fingerprint density at radius 2 is 1.71 bits per heavy atom. The van der Waals surface area contributed by atoms with E-state index in [4.69, 9.17) is 11.6 Å². The molecule has 0 aliphatic heterocycles. The van der Waals surface area contributed by atoms with Gasteiger partial charge in [-0.25, -0.2) is 0 Å². The normalized spacial score (nSPS) is 9.64. The van der Waals surface area contributed by atoms with Crippen LogP contribution in [0.15, 0.2) is 12.1 Å². The summed E-state index contributed by atoms with van der Waals surface area (Å²) in [5.74, 6) is 0. The van der Waals surface area contributed by atoms with E-state index in [-0.39, 0.29) is 0 Å². The molecule has 0 bridgehead atoms. The maximum Gasteiger partial charge on any atom is 0.152 e. The van der Waals surface area contributed by atoms with Crippen LogP contribution in [-0.2, 0) is 0 Å². The van der Waals surface area contributed by atoms with Crippen LogP contribution in [0.1, 0.15) is 20.7 Å². The van der Waals surface area contributed by atoms with E-state index in [9.17, 15) is 9.59 Å². The Morgan fingerprint density at radius 1 is 1.14 bits per heavy atom. The van der Waals surface area contributed by atoms with Gasteiger partial charge in [0.15, 0.2) is 12.6 Å². The van der Waals surface area contributed by atoms with Crippen LogP contribution in [0.4, 0.5) is 5.69 Å². The molecule has 0 saturated heterocycles. The number of carbonyl (C=O) groups is 2. The van der Waals surface area contributed by atoms with E-state index in [0.29, 0.717) is 34.4 Å². The van der Waals surface area contributed by atoms with E-state index >= 15 is 0 Å². The second-order valence-corrected chi connectivity index (χ2v) is 3.47. The zero-order valence-electron chi connectivity index (χ0n) is 7.95. The highest BCUT2D eigenvalue weighted by Gasteiger charge is 2.08. The minimum Gasteiger partial charge on any atom is -0.377 e. The molecule has 0 fully saturated rings. The molecule has 0 radical (unpaired) electrons. The number of hydrogen-bond acceptors (Lipinski definition) is 3. The van der Waals surface area contributed by atoms with E-state index in [1.807, 2.05) is 0 Å². The molecule has 4 heteroatoms. The van der Waals surface area contributed by atoms with Crippen molar-refractivity contribution in [2.24, 2.45) is 0 Å². The van der Waals surface area contributed by atoms with Crippen molar-refractivity contribution in [1.29, 1.82) is 0 Å². The molecule has 74 valence electrons. The van der Waals surface area contributed by atoms with Gasteiger partial charge in [-0.2, -0.15) is 0 Å². The second kappa shape index (κ2) is 4.24. The summed E-state index contributed by atoms with van der Waals surface area (Å²) >= 11 is 5.83. The Morgan fingerprint density at radius 3 is 2.14 bits per heavy atom. The number of nitrogens with zero attached hydrogens (tertiary/aromatic N) is 1. The van der Waals surface area contributed by atoms with E-state index in [1.54, 1.807) is 25.1 Å².